The Bertz CT molecular complexity index is 947. The second-order valence-electron chi connectivity index (χ2n) is 7.27. The summed E-state index contributed by atoms with van der Waals surface area (Å²) in [6.45, 7) is 5.14. The highest BCUT2D eigenvalue weighted by molar-refractivity contribution is 7.89. The fourth-order valence-corrected chi connectivity index (χ4v) is 4.75. The number of aryl methyl sites for hydroxylation is 1. The first-order chi connectivity index (χ1) is 13.3. The number of carbonyl (C=O) groups is 1. The summed E-state index contributed by atoms with van der Waals surface area (Å²) in [4.78, 5) is 12.8. The Morgan fingerprint density at radius 2 is 1.75 bits per heavy atom. The minimum atomic E-state index is -3.50. The lowest BCUT2D eigenvalue weighted by atomic mass is 10.0. The maximum absolute atomic E-state index is 12.8. The number of anilines is 1. The van der Waals surface area contributed by atoms with Gasteiger partial charge in [0.1, 0.15) is 5.75 Å². The molecule has 0 spiro atoms. The number of benzene rings is 2. The Balaban J connectivity index is 1.74. The molecule has 150 valence electrons. The maximum Gasteiger partial charge on any atom is 0.259 e. The lowest BCUT2D eigenvalue weighted by Gasteiger charge is -2.29. The third kappa shape index (κ3) is 4.36. The molecule has 0 saturated carbocycles. The number of methoxy groups -OCH3 is 1. The average Bonchev–Trinajstić information content (AvgIpc) is 2.68. The van der Waals surface area contributed by atoms with Crippen LogP contribution >= 0.6 is 0 Å². The molecule has 2 aromatic carbocycles. The van der Waals surface area contributed by atoms with E-state index in [1.165, 1.54) is 23.5 Å². The summed E-state index contributed by atoms with van der Waals surface area (Å²) in [5, 5.41) is 2.80. The standard InChI is InChI=1S/C21H26N2O4S/c1-15-10-12-23(13-11-15)28(25,26)18-7-5-17(6-8-18)22-21(24)19-14-16(2)4-9-20(19)27-3/h4-9,14-15H,10-13H2,1-3H3,(H,22,24). The first-order valence-corrected chi connectivity index (χ1v) is 10.8. The molecule has 1 fully saturated rings. The van der Waals surface area contributed by atoms with Gasteiger partial charge in [0, 0.05) is 18.8 Å². The van der Waals surface area contributed by atoms with Crippen LogP contribution in [0, 0.1) is 12.8 Å². The first-order valence-electron chi connectivity index (χ1n) is 9.37. The van der Waals surface area contributed by atoms with E-state index in [0.29, 0.717) is 36.0 Å². The molecule has 0 bridgehead atoms. The van der Waals surface area contributed by atoms with Gasteiger partial charge in [-0.3, -0.25) is 4.79 Å². The summed E-state index contributed by atoms with van der Waals surface area (Å²) in [7, 11) is -1.98. The van der Waals surface area contributed by atoms with Crippen molar-refractivity contribution in [1.29, 1.82) is 0 Å². The molecule has 6 nitrogen and oxygen atoms in total. The van der Waals surface area contributed by atoms with Gasteiger partial charge in [0.05, 0.1) is 17.6 Å². The zero-order valence-electron chi connectivity index (χ0n) is 16.4. The van der Waals surface area contributed by atoms with Crippen LogP contribution in [0.3, 0.4) is 0 Å². The summed E-state index contributed by atoms with van der Waals surface area (Å²) in [6.07, 6.45) is 1.76. The van der Waals surface area contributed by atoms with Crippen molar-refractivity contribution < 1.29 is 17.9 Å². The largest absolute Gasteiger partial charge is 0.496 e. The van der Waals surface area contributed by atoms with Crippen molar-refractivity contribution in [2.24, 2.45) is 5.92 Å². The van der Waals surface area contributed by atoms with Crippen LogP contribution in [0.5, 0.6) is 5.75 Å². The molecule has 1 N–H and O–H groups in total. The molecule has 3 rings (SSSR count). The second kappa shape index (κ2) is 8.32. The Morgan fingerprint density at radius 3 is 2.36 bits per heavy atom. The van der Waals surface area contributed by atoms with E-state index in [4.69, 9.17) is 4.74 Å². The molecule has 0 unspecified atom stereocenters. The topological polar surface area (TPSA) is 75.7 Å². The molecule has 1 aliphatic heterocycles. The van der Waals surface area contributed by atoms with Crippen LogP contribution in [0.15, 0.2) is 47.4 Å². The van der Waals surface area contributed by atoms with Crippen molar-refractivity contribution in [2.45, 2.75) is 31.6 Å². The van der Waals surface area contributed by atoms with E-state index in [9.17, 15) is 13.2 Å². The van der Waals surface area contributed by atoms with Crippen LogP contribution in [0.1, 0.15) is 35.7 Å². The van der Waals surface area contributed by atoms with Gasteiger partial charge in [0.15, 0.2) is 0 Å². The zero-order chi connectivity index (χ0) is 20.3. The van der Waals surface area contributed by atoms with Crippen molar-refractivity contribution >= 4 is 21.6 Å². The van der Waals surface area contributed by atoms with E-state index in [2.05, 4.69) is 12.2 Å². The van der Waals surface area contributed by atoms with E-state index >= 15 is 0 Å². The van der Waals surface area contributed by atoms with Crippen molar-refractivity contribution in [1.82, 2.24) is 4.31 Å². The number of hydrogen-bond acceptors (Lipinski definition) is 4. The monoisotopic (exact) mass is 402 g/mol. The highest BCUT2D eigenvalue weighted by Crippen LogP contribution is 2.25. The van der Waals surface area contributed by atoms with Gasteiger partial charge in [-0.2, -0.15) is 4.31 Å². The van der Waals surface area contributed by atoms with Crippen LogP contribution in [-0.4, -0.2) is 38.8 Å². The minimum absolute atomic E-state index is 0.244. The molecule has 1 heterocycles. The molecule has 7 heteroatoms. The van der Waals surface area contributed by atoms with E-state index in [1.807, 2.05) is 13.0 Å². The zero-order valence-corrected chi connectivity index (χ0v) is 17.3. The van der Waals surface area contributed by atoms with E-state index in [1.54, 1.807) is 24.3 Å². The van der Waals surface area contributed by atoms with E-state index in [0.717, 1.165) is 18.4 Å². The van der Waals surface area contributed by atoms with Crippen molar-refractivity contribution in [3.05, 3.63) is 53.6 Å². The van der Waals surface area contributed by atoms with Crippen molar-refractivity contribution in [2.75, 3.05) is 25.5 Å². The molecule has 0 radical (unpaired) electrons. The number of nitrogens with one attached hydrogen (secondary N) is 1. The predicted octanol–water partition coefficient (Wildman–Crippen LogP) is 3.68. The summed E-state index contributed by atoms with van der Waals surface area (Å²) < 4.78 is 32.4. The summed E-state index contributed by atoms with van der Waals surface area (Å²) in [5.41, 5.74) is 1.91. The number of amides is 1. The van der Waals surface area contributed by atoms with E-state index in [-0.39, 0.29) is 10.8 Å². The Morgan fingerprint density at radius 1 is 1.11 bits per heavy atom. The number of hydrogen-bond donors (Lipinski definition) is 1. The van der Waals surface area contributed by atoms with Crippen molar-refractivity contribution in [3.63, 3.8) is 0 Å². The first kappa shape index (κ1) is 20.4. The fourth-order valence-electron chi connectivity index (χ4n) is 3.28. The smallest absolute Gasteiger partial charge is 0.259 e. The van der Waals surface area contributed by atoms with Crippen LogP contribution in [0.25, 0.3) is 0 Å². The summed E-state index contributed by atoms with van der Waals surface area (Å²) in [6, 6.07) is 11.7. The molecular weight excluding hydrogens is 376 g/mol. The lowest BCUT2D eigenvalue weighted by molar-refractivity contribution is 0.102. The van der Waals surface area contributed by atoms with Gasteiger partial charge in [0.2, 0.25) is 10.0 Å². The SMILES string of the molecule is COc1ccc(C)cc1C(=O)Nc1ccc(S(=O)(=O)N2CCC(C)CC2)cc1. The third-order valence-electron chi connectivity index (χ3n) is 5.09. The van der Waals surface area contributed by atoms with Crippen LogP contribution < -0.4 is 10.1 Å². The van der Waals surface area contributed by atoms with Gasteiger partial charge in [-0.25, -0.2) is 8.42 Å². The van der Waals surface area contributed by atoms with Gasteiger partial charge < -0.3 is 10.1 Å². The van der Waals surface area contributed by atoms with Crippen LogP contribution in [0.4, 0.5) is 5.69 Å². The van der Waals surface area contributed by atoms with Gasteiger partial charge in [-0.15, -0.1) is 0 Å². The van der Waals surface area contributed by atoms with Gasteiger partial charge >= 0.3 is 0 Å². The quantitative estimate of drug-likeness (QED) is 0.828. The Kier molecular flexibility index (Phi) is 6.05. The number of ether oxygens (including phenoxy) is 1. The minimum Gasteiger partial charge on any atom is -0.496 e. The predicted molar refractivity (Wildman–Crippen MR) is 109 cm³/mol. The van der Waals surface area contributed by atoms with Gasteiger partial charge in [0.25, 0.3) is 5.91 Å². The Labute approximate surface area is 166 Å². The lowest BCUT2D eigenvalue weighted by Crippen LogP contribution is -2.37. The van der Waals surface area contributed by atoms with Gasteiger partial charge in [-0.1, -0.05) is 18.6 Å². The molecule has 0 atom stereocenters. The molecule has 1 amide bonds. The molecule has 1 saturated heterocycles. The number of nitrogens with zero attached hydrogens (tertiary/aromatic N) is 1. The molecular formula is C21H26N2O4S. The second-order valence-corrected chi connectivity index (χ2v) is 9.21. The number of sulfonamides is 1. The molecule has 1 aliphatic rings. The maximum atomic E-state index is 12.8. The molecule has 0 aliphatic carbocycles. The summed E-state index contributed by atoms with van der Waals surface area (Å²) in [5.74, 6) is 0.741. The fraction of sp³-hybridized carbons (Fsp3) is 0.381. The highest BCUT2D eigenvalue weighted by atomic mass is 32.2. The number of rotatable bonds is 5. The number of carbonyl (C=O) groups excluding carboxylic acids is 1. The van der Waals surface area contributed by atoms with Crippen LogP contribution in [0.2, 0.25) is 0 Å². The van der Waals surface area contributed by atoms with E-state index < -0.39 is 10.0 Å². The molecule has 28 heavy (non-hydrogen) atoms. The van der Waals surface area contributed by atoms with Gasteiger partial charge in [-0.05, 0) is 62.1 Å². The third-order valence-corrected chi connectivity index (χ3v) is 7.01. The number of piperidine rings is 1. The Hall–Kier alpha value is -2.38. The molecule has 0 aromatic heterocycles. The van der Waals surface area contributed by atoms with Crippen molar-refractivity contribution in [3.8, 4) is 5.75 Å². The average molecular weight is 403 g/mol. The normalized spacial score (nSPS) is 16.0. The van der Waals surface area contributed by atoms with Crippen LogP contribution in [-0.2, 0) is 10.0 Å². The summed E-state index contributed by atoms with van der Waals surface area (Å²) >= 11 is 0. The highest BCUT2D eigenvalue weighted by Gasteiger charge is 2.28. The molecule has 2 aromatic rings.